The van der Waals surface area contributed by atoms with Crippen molar-refractivity contribution in [3.63, 3.8) is 0 Å². The van der Waals surface area contributed by atoms with E-state index in [0.717, 1.165) is 17.6 Å². The van der Waals surface area contributed by atoms with Crippen LogP contribution in [-0.4, -0.2) is 34.7 Å². The van der Waals surface area contributed by atoms with Crippen LogP contribution in [0.3, 0.4) is 0 Å². The van der Waals surface area contributed by atoms with Crippen LogP contribution in [0.2, 0.25) is 0 Å². The minimum Gasteiger partial charge on any atom is -0.406 e. The van der Waals surface area contributed by atoms with Gasteiger partial charge in [0.15, 0.2) is 0 Å². The number of rotatable bonds is 7. The van der Waals surface area contributed by atoms with Crippen molar-refractivity contribution < 1.29 is 23.2 Å². The van der Waals surface area contributed by atoms with Gasteiger partial charge in [-0.3, -0.25) is 18.6 Å². The fourth-order valence-electron chi connectivity index (χ4n) is 1.92. The maximum absolute atomic E-state index is 10.6. The second kappa shape index (κ2) is 11.9. The van der Waals surface area contributed by atoms with Crippen LogP contribution >= 0.6 is 29.9 Å². The van der Waals surface area contributed by atoms with Crippen LogP contribution in [0.5, 0.6) is 5.88 Å². The second-order valence-electron chi connectivity index (χ2n) is 5.95. The Hall–Kier alpha value is -1.15. The number of aromatic nitrogens is 2. The molecule has 0 saturated carbocycles. The lowest BCUT2D eigenvalue weighted by molar-refractivity contribution is -0.131. The maximum Gasteiger partial charge on any atom is 0.381 e. The Labute approximate surface area is 185 Å². The molecule has 0 aromatic carbocycles. The summed E-state index contributed by atoms with van der Waals surface area (Å²) in [5.74, 6) is -0.00570. The molecule has 0 atom stereocenters. The normalized spacial score (nSPS) is 14.2. The van der Waals surface area contributed by atoms with E-state index < -0.39 is 18.3 Å². The maximum atomic E-state index is 10.6. The van der Waals surface area contributed by atoms with E-state index in [1.165, 1.54) is 6.08 Å². The number of halogens is 2. The molecule has 1 heterocycles. The van der Waals surface area contributed by atoms with Crippen molar-refractivity contribution in [1.29, 1.82) is 0 Å². The summed E-state index contributed by atoms with van der Waals surface area (Å²) in [6.07, 6.45) is 2.28. The van der Waals surface area contributed by atoms with E-state index in [0.29, 0.717) is 19.1 Å². The quantitative estimate of drug-likeness (QED) is 0.307. The number of allylic oxidation sites excluding steroid dienone is 4. The molecule has 0 amide bonds. The van der Waals surface area contributed by atoms with Gasteiger partial charge >= 0.3 is 6.72 Å². The van der Waals surface area contributed by atoms with Crippen LogP contribution in [0.15, 0.2) is 28.3 Å². The monoisotopic (exact) mass is 480 g/mol. The average Bonchev–Trinajstić information content (AvgIpc) is 2.59. The zero-order chi connectivity index (χ0) is 22.2. The number of aryl methyl sites for hydroxylation is 1. The van der Waals surface area contributed by atoms with Gasteiger partial charge in [-0.2, -0.15) is 4.98 Å². The molecule has 7 nitrogen and oxygen atoms in total. The van der Waals surface area contributed by atoms with Crippen LogP contribution < -0.4 is 4.52 Å². The third-order valence-corrected chi connectivity index (χ3v) is 6.03. The van der Waals surface area contributed by atoms with Crippen molar-refractivity contribution >= 4 is 53.3 Å². The summed E-state index contributed by atoms with van der Waals surface area (Å²) in [6.45, 7) is 7.78. The van der Waals surface area contributed by atoms with Crippen molar-refractivity contribution in [3.8, 4) is 5.88 Å². The van der Waals surface area contributed by atoms with Crippen molar-refractivity contribution in [3.05, 3.63) is 39.8 Å². The molecule has 0 spiro atoms. The lowest BCUT2D eigenvalue weighted by atomic mass is 10.1. The summed E-state index contributed by atoms with van der Waals surface area (Å²) in [7, 11) is 0. The zero-order valence-corrected chi connectivity index (χ0v) is 20.0. The topological polar surface area (TPSA) is 87.6 Å². The molecule has 1 aliphatic rings. The molecule has 0 bridgehead atoms. The number of Topliss-reactive ketones (excluding diaryl/α,β-unsaturated/α-hetero) is 1. The highest BCUT2D eigenvalue weighted by Gasteiger charge is 2.23. The Kier molecular flexibility index (Phi) is 10.6. The van der Waals surface area contributed by atoms with Crippen molar-refractivity contribution in [2.45, 2.75) is 40.5 Å². The fraction of sp³-hybridized carbons (Fsp3) is 0.444. The summed E-state index contributed by atoms with van der Waals surface area (Å²) < 4.78 is 16.6. The molecule has 0 N–H and O–H groups in total. The first-order valence-corrected chi connectivity index (χ1v) is 12.1. The van der Waals surface area contributed by atoms with Gasteiger partial charge < -0.3 is 4.52 Å². The molecule has 160 valence electrons. The standard InChI is InChI=1S/C12H21N2O3PS.C6H2Cl2O2/c1-6-15-18(19,16-7-2)17-11-8-10(5)13-12(14-11)9(3)4;7-3-1-4(8)6(10)5(9)2-3/h8-9H,6-7H2,1-5H3;1-2H. The number of hydrogen-bond donors (Lipinski definition) is 0. The van der Waals surface area contributed by atoms with Gasteiger partial charge in [0.2, 0.25) is 17.4 Å². The summed E-state index contributed by atoms with van der Waals surface area (Å²) in [5, 5.41) is 0.0621. The molecule has 0 saturated heterocycles. The van der Waals surface area contributed by atoms with E-state index in [-0.39, 0.29) is 16.0 Å². The Bertz CT molecular complexity index is 861. The molecule has 1 aromatic rings. The highest BCUT2D eigenvalue weighted by Crippen LogP contribution is 2.49. The van der Waals surface area contributed by atoms with Gasteiger partial charge in [0.1, 0.15) is 5.82 Å². The lowest BCUT2D eigenvalue weighted by Gasteiger charge is -2.20. The van der Waals surface area contributed by atoms with E-state index in [4.69, 9.17) is 48.6 Å². The summed E-state index contributed by atoms with van der Waals surface area (Å²) in [6, 6.07) is 1.74. The number of ketones is 2. The molecule has 0 aliphatic heterocycles. The van der Waals surface area contributed by atoms with Crippen LogP contribution in [-0.2, 0) is 30.4 Å². The van der Waals surface area contributed by atoms with E-state index in [1.54, 1.807) is 6.07 Å². The highest BCUT2D eigenvalue weighted by molar-refractivity contribution is 8.07. The molecule has 0 fully saturated rings. The van der Waals surface area contributed by atoms with Gasteiger partial charge in [-0.15, -0.1) is 0 Å². The van der Waals surface area contributed by atoms with Crippen LogP contribution in [0.4, 0.5) is 0 Å². The van der Waals surface area contributed by atoms with Crippen LogP contribution in [0.25, 0.3) is 0 Å². The molecular weight excluding hydrogens is 458 g/mol. The van der Waals surface area contributed by atoms with Crippen molar-refractivity contribution in [1.82, 2.24) is 9.97 Å². The Morgan fingerprint density at radius 2 is 1.69 bits per heavy atom. The molecular formula is C18H23Cl2N2O5PS. The van der Waals surface area contributed by atoms with Crippen molar-refractivity contribution in [2.75, 3.05) is 13.2 Å². The first kappa shape index (κ1) is 25.9. The van der Waals surface area contributed by atoms with Crippen LogP contribution in [0, 0.1) is 6.92 Å². The molecule has 29 heavy (non-hydrogen) atoms. The summed E-state index contributed by atoms with van der Waals surface area (Å²) in [5.41, 5.74) is 0.836. The van der Waals surface area contributed by atoms with Gasteiger partial charge in [0.05, 0.1) is 18.2 Å². The minimum absolute atomic E-state index is 0.127. The third kappa shape index (κ3) is 8.62. The smallest absolute Gasteiger partial charge is 0.381 e. The molecule has 0 unspecified atom stereocenters. The molecule has 1 aliphatic carbocycles. The first-order valence-electron chi connectivity index (χ1n) is 8.78. The molecule has 1 aromatic heterocycles. The van der Waals surface area contributed by atoms with Crippen molar-refractivity contribution in [2.24, 2.45) is 0 Å². The Morgan fingerprint density at radius 1 is 1.10 bits per heavy atom. The lowest BCUT2D eigenvalue weighted by Crippen LogP contribution is -2.14. The van der Waals surface area contributed by atoms with E-state index in [9.17, 15) is 9.59 Å². The van der Waals surface area contributed by atoms with Gasteiger partial charge in [-0.25, -0.2) is 4.98 Å². The van der Waals surface area contributed by atoms with E-state index >= 15 is 0 Å². The Balaban J connectivity index is 0.000000352. The fourth-order valence-corrected chi connectivity index (χ4v) is 4.40. The Morgan fingerprint density at radius 3 is 2.17 bits per heavy atom. The second-order valence-corrected chi connectivity index (χ2v) is 9.73. The number of carbonyl (C=O) groups excluding carboxylic acids is 2. The summed E-state index contributed by atoms with van der Waals surface area (Å²) >= 11 is 16.0. The van der Waals surface area contributed by atoms with Crippen LogP contribution in [0.1, 0.15) is 45.1 Å². The van der Waals surface area contributed by atoms with E-state index in [1.807, 2.05) is 34.6 Å². The third-order valence-electron chi connectivity index (χ3n) is 3.12. The number of carbonyl (C=O) groups is 2. The van der Waals surface area contributed by atoms with Gasteiger partial charge in [-0.05, 0) is 26.8 Å². The minimum atomic E-state index is -2.77. The van der Waals surface area contributed by atoms with E-state index in [2.05, 4.69) is 9.97 Å². The predicted octanol–water partition coefficient (Wildman–Crippen LogP) is 4.97. The number of hydrogen-bond acceptors (Lipinski definition) is 8. The number of nitrogens with zero attached hydrogens (tertiary/aromatic N) is 2. The SMILES string of the molecule is CCOP(=S)(OCC)Oc1cc(C)nc(C(C)C)n1.O=C1C=C(Cl)C=C(Cl)C1=O. The largest absolute Gasteiger partial charge is 0.406 e. The van der Waals surface area contributed by atoms with Gasteiger partial charge in [0.25, 0.3) is 0 Å². The average molecular weight is 481 g/mol. The summed E-state index contributed by atoms with van der Waals surface area (Å²) in [4.78, 5) is 29.9. The first-order chi connectivity index (χ1) is 13.5. The predicted molar refractivity (Wildman–Crippen MR) is 117 cm³/mol. The van der Waals surface area contributed by atoms with Gasteiger partial charge in [-0.1, -0.05) is 37.0 Å². The molecule has 2 rings (SSSR count). The molecule has 11 heteroatoms. The zero-order valence-electron chi connectivity index (χ0n) is 16.8. The highest BCUT2D eigenvalue weighted by atomic mass is 35.5. The molecule has 0 radical (unpaired) electrons. The van der Waals surface area contributed by atoms with Gasteiger partial charge in [0, 0.05) is 40.6 Å².